The number of nitrogens with one attached hydrogen (secondary N) is 2. The van der Waals surface area contributed by atoms with E-state index in [1.807, 2.05) is 32.9 Å². The van der Waals surface area contributed by atoms with Gasteiger partial charge in [0.25, 0.3) is 5.91 Å². The highest BCUT2D eigenvalue weighted by Crippen LogP contribution is 2.21. The number of amides is 3. The molecule has 27 heavy (non-hydrogen) atoms. The molecule has 0 unspecified atom stereocenters. The van der Waals surface area contributed by atoms with Gasteiger partial charge in [0.05, 0.1) is 12.2 Å². The fourth-order valence-corrected chi connectivity index (χ4v) is 4.00. The quantitative estimate of drug-likeness (QED) is 0.849. The lowest BCUT2D eigenvalue weighted by atomic mass is 9.95. The fraction of sp³-hybridized carbons (Fsp3) is 0.619. The minimum atomic E-state index is -0.125. The van der Waals surface area contributed by atoms with Crippen LogP contribution in [0.4, 0.5) is 10.5 Å². The Balaban J connectivity index is 1.60. The maximum atomic E-state index is 12.6. The van der Waals surface area contributed by atoms with Gasteiger partial charge in [0.2, 0.25) is 0 Å². The average Bonchev–Trinajstić information content (AvgIpc) is 2.63. The van der Waals surface area contributed by atoms with Gasteiger partial charge in [-0.25, -0.2) is 4.79 Å². The highest BCUT2D eigenvalue weighted by atomic mass is 16.5. The lowest BCUT2D eigenvalue weighted by molar-refractivity contribution is -0.0530. The zero-order chi connectivity index (χ0) is 19.4. The molecule has 1 aromatic carbocycles. The van der Waals surface area contributed by atoms with E-state index in [4.69, 9.17) is 4.74 Å². The number of anilines is 1. The second kappa shape index (κ2) is 8.74. The third-order valence-corrected chi connectivity index (χ3v) is 5.38. The van der Waals surface area contributed by atoms with Gasteiger partial charge in [0.15, 0.2) is 0 Å². The molecule has 1 aromatic rings. The van der Waals surface area contributed by atoms with Crippen molar-refractivity contribution in [1.29, 1.82) is 0 Å². The molecule has 0 spiro atoms. The summed E-state index contributed by atoms with van der Waals surface area (Å²) < 4.78 is 5.68. The van der Waals surface area contributed by atoms with Gasteiger partial charge in [-0.3, -0.25) is 4.79 Å². The van der Waals surface area contributed by atoms with Crippen LogP contribution in [0.25, 0.3) is 0 Å². The first-order chi connectivity index (χ1) is 12.9. The van der Waals surface area contributed by atoms with Gasteiger partial charge < -0.3 is 20.3 Å². The maximum Gasteiger partial charge on any atom is 0.322 e. The van der Waals surface area contributed by atoms with Gasteiger partial charge in [0.1, 0.15) is 0 Å². The van der Waals surface area contributed by atoms with Crippen molar-refractivity contribution >= 4 is 17.6 Å². The third kappa shape index (κ3) is 5.22. The largest absolute Gasteiger partial charge is 0.372 e. The normalized spacial score (nSPS) is 23.7. The Hall–Kier alpha value is -2.08. The summed E-state index contributed by atoms with van der Waals surface area (Å²) in [4.78, 5) is 26.8. The molecule has 2 atom stereocenters. The molecule has 1 aliphatic heterocycles. The molecule has 3 rings (SSSR count). The fourth-order valence-electron chi connectivity index (χ4n) is 4.00. The molecule has 0 bridgehead atoms. The molecule has 1 heterocycles. The summed E-state index contributed by atoms with van der Waals surface area (Å²) in [5.74, 6) is -0.0290. The Morgan fingerprint density at radius 1 is 1.07 bits per heavy atom. The van der Waals surface area contributed by atoms with Crippen LogP contribution in [0.5, 0.6) is 0 Å². The molecule has 1 aliphatic carbocycles. The molecule has 0 radical (unpaired) electrons. The molecule has 148 valence electrons. The molecular formula is C21H31N3O3. The second-order valence-electron chi connectivity index (χ2n) is 7.93. The van der Waals surface area contributed by atoms with Crippen molar-refractivity contribution in [1.82, 2.24) is 10.2 Å². The molecule has 3 amide bonds. The molecular weight excluding hydrogens is 342 g/mol. The molecule has 2 fully saturated rings. The SMILES string of the molecule is Cc1cc(C(=O)NC2CCCCC2)ccc1NC(=O)N1C[C@@H](C)O[C@@H](C)C1. The molecule has 6 heteroatoms. The van der Waals surface area contributed by atoms with Crippen LogP contribution < -0.4 is 10.6 Å². The highest BCUT2D eigenvalue weighted by molar-refractivity contribution is 5.96. The van der Waals surface area contributed by atoms with Crippen molar-refractivity contribution in [3.05, 3.63) is 29.3 Å². The minimum Gasteiger partial charge on any atom is -0.372 e. The average molecular weight is 373 g/mol. The summed E-state index contributed by atoms with van der Waals surface area (Å²) in [6, 6.07) is 5.61. The van der Waals surface area contributed by atoms with E-state index in [1.54, 1.807) is 11.0 Å². The highest BCUT2D eigenvalue weighted by Gasteiger charge is 2.26. The number of carbonyl (C=O) groups excluding carboxylic acids is 2. The number of aryl methyl sites for hydroxylation is 1. The van der Waals surface area contributed by atoms with E-state index in [1.165, 1.54) is 19.3 Å². The number of urea groups is 1. The standard InChI is InChI=1S/C21H31N3O3/c1-14-11-17(20(25)22-18-7-5-4-6-8-18)9-10-19(14)23-21(26)24-12-15(2)27-16(3)13-24/h9-11,15-16,18H,4-8,12-13H2,1-3H3,(H,22,25)(H,23,26)/t15-,16+. The zero-order valence-electron chi connectivity index (χ0n) is 16.6. The van der Waals surface area contributed by atoms with Crippen LogP contribution in [0.15, 0.2) is 18.2 Å². The van der Waals surface area contributed by atoms with Crippen molar-refractivity contribution in [3.8, 4) is 0 Å². The van der Waals surface area contributed by atoms with Crippen LogP contribution in [0.3, 0.4) is 0 Å². The van der Waals surface area contributed by atoms with Gasteiger partial charge >= 0.3 is 6.03 Å². The summed E-state index contributed by atoms with van der Waals surface area (Å²) in [7, 11) is 0. The minimum absolute atomic E-state index is 0.0290. The van der Waals surface area contributed by atoms with Crippen molar-refractivity contribution in [2.75, 3.05) is 18.4 Å². The van der Waals surface area contributed by atoms with Crippen LogP contribution in [-0.2, 0) is 4.74 Å². The summed E-state index contributed by atoms with van der Waals surface area (Å²) in [5.41, 5.74) is 2.26. The van der Waals surface area contributed by atoms with E-state index in [-0.39, 0.29) is 30.2 Å². The first kappa shape index (κ1) is 19.7. The number of nitrogens with zero attached hydrogens (tertiary/aromatic N) is 1. The van der Waals surface area contributed by atoms with Crippen molar-refractivity contribution in [2.24, 2.45) is 0 Å². The Morgan fingerprint density at radius 3 is 2.37 bits per heavy atom. The smallest absolute Gasteiger partial charge is 0.322 e. The van der Waals surface area contributed by atoms with E-state index >= 15 is 0 Å². The molecule has 6 nitrogen and oxygen atoms in total. The van der Waals surface area contributed by atoms with Crippen LogP contribution in [0.2, 0.25) is 0 Å². The van der Waals surface area contributed by atoms with Crippen molar-refractivity contribution < 1.29 is 14.3 Å². The van der Waals surface area contributed by atoms with Crippen LogP contribution in [0, 0.1) is 6.92 Å². The van der Waals surface area contributed by atoms with E-state index in [0.717, 1.165) is 24.1 Å². The molecule has 2 aliphatic rings. The van der Waals surface area contributed by atoms with Crippen LogP contribution in [0.1, 0.15) is 61.9 Å². The number of rotatable bonds is 3. The molecule has 0 aromatic heterocycles. The zero-order valence-corrected chi connectivity index (χ0v) is 16.6. The first-order valence-corrected chi connectivity index (χ1v) is 10.1. The Kier molecular flexibility index (Phi) is 6.37. The lowest BCUT2D eigenvalue weighted by Crippen LogP contribution is -2.49. The monoisotopic (exact) mass is 373 g/mol. The number of hydrogen-bond donors (Lipinski definition) is 2. The number of ether oxygens (including phenoxy) is 1. The third-order valence-electron chi connectivity index (χ3n) is 5.38. The van der Waals surface area contributed by atoms with Crippen molar-refractivity contribution in [2.45, 2.75) is 71.1 Å². The van der Waals surface area contributed by atoms with Gasteiger partial charge in [0, 0.05) is 30.4 Å². The number of benzene rings is 1. The lowest BCUT2D eigenvalue weighted by Gasteiger charge is -2.35. The second-order valence-corrected chi connectivity index (χ2v) is 7.93. The molecule has 1 saturated carbocycles. The topological polar surface area (TPSA) is 70.7 Å². The van der Waals surface area contributed by atoms with Gasteiger partial charge in [-0.05, 0) is 57.4 Å². The predicted molar refractivity (Wildman–Crippen MR) is 106 cm³/mol. The Labute approximate surface area is 161 Å². The Bertz CT molecular complexity index is 675. The van der Waals surface area contributed by atoms with E-state index in [9.17, 15) is 9.59 Å². The van der Waals surface area contributed by atoms with E-state index in [2.05, 4.69) is 10.6 Å². The first-order valence-electron chi connectivity index (χ1n) is 10.1. The summed E-state index contributed by atoms with van der Waals surface area (Å²) in [6.45, 7) is 7.02. The number of morpholine rings is 1. The predicted octanol–water partition coefficient (Wildman–Crippen LogP) is 3.70. The summed E-state index contributed by atoms with van der Waals surface area (Å²) in [5, 5.41) is 6.10. The van der Waals surface area contributed by atoms with Gasteiger partial charge in [-0.1, -0.05) is 19.3 Å². The van der Waals surface area contributed by atoms with E-state index < -0.39 is 0 Å². The van der Waals surface area contributed by atoms with Gasteiger partial charge in [-0.2, -0.15) is 0 Å². The van der Waals surface area contributed by atoms with Gasteiger partial charge in [-0.15, -0.1) is 0 Å². The summed E-state index contributed by atoms with van der Waals surface area (Å²) in [6.07, 6.45) is 5.84. The number of carbonyl (C=O) groups is 2. The molecule has 2 N–H and O–H groups in total. The maximum absolute atomic E-state index is 12.6. The Morgan fingerprint density at radius 2 is 1.74 bits per heavy atom. The number of hydrogen-bond acceptors (Lipinski definition) is 3. The van der Waals surface area contributed by atoms with Crippen LogP contribution >= 0.6 is 0 Å². The molecule has 1 saturated heterocycles. The summed E-state index contributed by atoms with van der Waals surface area (Å²) >= 11 is 0. The van der Waals surface area contributed by atoms with E-state index in [0.29, 0.717) is 18.7 Å². The van der Waals surface area contributed by atoms with Crippen molar-refractivity contribution in [3.63, 3.8) is 0 Å². The van der Waals surface area contributed by atoms with Crippen LogP contribution in [-0.4, -0.2) is 48.2 Å².